The van der Waals surface area contributed by atoms with Crippen LogP contribution >= 0.6 is 0 Å². The zero-order chi connectivity index (χ0) is 8.67. The second kappa shape index (κ2) is 2.82. The topological polar surface area (TPSA) is 18.5 Å². The van der Waals surface area contributed by atoms with Gasteiger partial charge in [-0.2, -0.15) is 0 Å². The van der Waals surface area contributed by atoms with Crippen LogP contribution in [0.15, 0.2) is 24.3 Å². The third kappa shape index (κ3) is 1.10. The number of fused-ring (bicyclic) bond motifs is 3. The smallest absolute Gasteiger partial charge is 0.147 e. The summed E-state index contributed by atoms with van der Waals surface area (Å²) in [7, 11) is 0. The summed E-state index contributed by atoms with van der Waals surface area (Å²) in [6.45, 7) is 1.30. The minimum atomic E-state index is 0.296. The Labute approximate surface area is 77.5 Å². The minimum Gasteiger partial charge on any atom is -0.355 e. The first-order valence-corrected chi connectivity index (χ1v) is 4.72. The molecule has 1 saturated heterocycles. The van der Waals surface area contributed by atoms with Gasteiger partial charge in [-0.1, -0.05) is 24.3 Å². The van der Waals surface area contributed by atoms with Crippen molar-refractivity contribution < 1.29 is 9.47 Å². The normalized spacial score (nSPS) is 31.1. The van der Waals surface area contributed by atoms with Gasteiger partial charge < -0.3 is 9.47 Å². The van der Waals surface area contributed by atoms with Gasteiger partial charge in [0.1, 0.15) is 6.79 Å². The molecule has 1 aliphatic heterocycles. The lowest BCUT2D eigenvalue weighted by atomic mass is 10.0. The third-order valence-corrected chi connectivity index (χ3v) is 2.93. The minimum absolute atomic E-state index is 0.296. The summed E-state index contributed by atoms with van der Waals surface area (Å²) in [4.78, 5) is 0. The van der Waals surface area contributed by atoms with Gasteiger partial charge in [-0.15, -0.1) is 0 Å². The van der Waals surface area contributed by atoms with Gasteiger partial charge >= 0.3 is 0 Å². The summed E-state index contributed by atoms with van der Waals surface area (Å²) in [5, 5.41) is 0. The molecule has 2 atom stereocenters. The fourth-order valence-corrected chi connectivity index (χ4v) is 2.33. The lowest BCUT2D eigenvalue weighted by Crippen LogP contribution is -2.24. The summed E-state index contributed by atoms with van der Waals surface area (Å²) in [6, 6.07) is 8.54. The molecule has 0 bridgehead atoms. The van der Waals surface area contributed by atoms with Crippen LogP contribution in [-0.2, 0) is 15.9 Å². The third-order valence-electron chi connectivity index (χ3n) is 2.93. The lowest BCUT2D eigenvalue weighted by molar-refractivity contribution is -0.166. The molecular weight excluding hydrogens is 164 g/mol. The van der Waals surface area contributed by atoms with Crippen molar-refractivity contribution in [2.24, 2.45) is 5.92 Å². The average molecular weight is 176 g/mol. The van der Waals surface area contributed by atoms with Gasteiger partial charge in [-0.05, 0) is 17.5 Å². The molecule has 13 heavy (non-hydrogen) atoms. The van der Waals surface area contributed by atoms with Crippen molar-refractivity contribution in [1.82, 2.24) is 0 Å². The van der Waals surface area contributed by atoms with Crippen molar-refractivity contribution in [2.75, 3.05) is 13.4 Å². The first kappa shape index (κ1) is 7.54. The molecule has 0 N–H and O–H groups in total. The van der Waals surface area contributed by atoms with E-state index >= 15 is 0 Å². The van der Waals surface area contributed by atoms with Crippen molar-refractivity contribution in [3.63, 3.8) is 0 Å². The van der Waals surface area contributed by atoms with E-state index < -0.39 is 0 Å². The van der Waals surface area contributed by atoms with Crippen molar-refractivity contribution in [2.45, 2.75) is 12.5 Å². The molecule has 1 fully saturated rings. The van der Waals surface area contributed by atoms with Crippen molar-refractivity contribution in [3.05, 3.63) is 35.4 Å². The molecule has 2 nitrogen and oxygen atoms in total. The van der Waals surface area contributed by atoms with E-state index in [1.807, 2.05) is 0 Å². The average Bonchev–Trinajstić information content (AvgIpc) is 2.56. The molecule has 1 heterocycles. The van der Waals surface area contributed by atoms with Crippen LogP contribution in [-0.4, -0.2) is 13.4 Å². The Balaban J connectivity index is 2.01. The van der Waals surface area contributed by atoms with Crippen molar-refractivity contribution >= 4 is 0 Å². The summed E-state index contributed by atoms with van der Waals surface area (Å²) in [5.41, 5.74) is 2.80. The highest BCUT2D eigenvalue weighted by atomic mass is 16.7. The SMILES string of the molecule is c1ccc2c(c1)C[C@H]1COCO[C@@H]21. The van der Waals surface area contributed by atoms with E-state index in [1.54, 1.807) is 0 Å². The second-order valence-corrected chi connectivity index (χ2v) is 3.74. The van der Waals surface area contributed by atoms with E-state index in [2.05, 4.69) is 24.3 Å². The Bertz CT molecular complexity index is 322. The molecule has 0 aromatic heterocycles. The highest BCUT2D eigenvalue weighted by Gasteiger charge is 2.35. The maximum atomic E-state index is 5.61. The molecule has 1 aromatic rings. The van der Waals surface area contributed by atoms with Crippen LogP contribution in [0.5, 0.6) is 0 Å². The highest BCUT2D eigenvalue weighted by Crippen LogP contribution is 2.40. The number of hydrogen-bond donors (Lipinski definition) is 0. The predicted molar refractivity (Wildman–Crippen MR) is 48.3 cm³/mol. The zero-order valence-electron chi connectivity index (χ0n) is 7.40. The summed E-state index contributed by atoms with van der Waals surface area (Å²) in [6.07, 6.45) is 1.41. The van der Waals surface area contributed by atoms with Gasteiger partial charge in [-0.3, -0.25) is 0 Å². The fraction of sp³-hybridized carbons (Fsp3) is 0.455. The Hall–Kier alpha value is -0.860. The van der Waals surface area contributed by atoms with Crippen LogP contribution in [0.25, 0.3) is 0 Å². The number of ether oxygens (including phenoxy) is 2. The molecule has 0 spiro atoms. The molecule has 0 unspecified atom stereocenters. The van der Waals surface area contributed by atoms with Gasteiger partial charge in [0.2, 0.25) is 0 Å². The Morgan fingerprint density at radius 2 is 2.15 bits per heavy atom. The van der Waals surface area contributed by atoms with E-state index in [4.69, 9.17) is 9.47 Å². The van der Waals surface area contributed by atoms with Gasteiger partial charge in [0.15, 0.2) is 0 Å². The molecule has 0 amide bonds. The van der Waals surface area contributed by atoms with Crippen LogP contribution < -0.4 is 0 Å². The van der Waals surface area contributed by atoms with Gasteiger partial charge in [0.05, 0.1) is 12.7 Å². The second-order valence-electron chi connectivity index (χ2n) is 3.74. The zero-order valence-corrected chi connectivity index (χ0v) is 7.40. The van der Waals surface area contributed by atoms with Crippen LogP contribution in [0.1, 0.15) is 17.2 Å². The maximum Gasteiger partial charge on any atom is 0.147 e. The van der Waals surface area contributed by atoms with Crippen LogP contribution in [0.4, 0.5) is 0 Å². The lowest BCUT2D eigenvalue weighted by Gasteiger charge is -2.26. The number of hydrogen-bond acceptors (Lipinski definition) is 2. The fourth-order valence-electron chi connectivity index (χ4n) is 2.33. The van der Waals surface area contributed by atoms with Gasteiger partial charge in [-0.25, -0.2) is 0 Å². The predicted octanol–water partition coefficient (Wildman–Crippen LogP) is 1.90. The highest BCUT2D eigenvalue weighted by molar-refractivity contribution is 5.34. The summed E-state index contributed by atoms with van der Waals surface area (Å²) in [5.74, 6) is 0.547. The monoisotopic (exact) mass is 176 g/mol. The molecule has 3 rings (SSSR count). The molecule has 68 valence electrons. The Kier molecular flexibility index (Phi) is 1.64. The van der Waals surface area contributed by atoms with Gasteiger partial charge in [0.25, 0.3) is 0 Å². The van der Waals surface area contributed by atoms with E-state index in [9.17, 15) is 0 Å². The standard InChI is InChI=1S/C11H12O2/c1-2-4-10-8(3-1)5-9-6-12-7-13-11(9)10/h1-4,9,11H,5-7H2/t9-,11+/m0/s1. The molecule has 2 heteroatoms. The van der Waals surface area contributed by atoms with Crippen LogP contribution in [0.3, 0.4) is 0 Å². The number of rotatable bonds is 0. The molecule has 1 aliphatic carbocycles. The van der Waals surface area contributed by atoms with Crippen molar-refractivity contribution in [3.8, 4) is 0 Å². The van der Waals surface area contributed by atoms with E-state index in [0.29, 0.717) is 18.8 Å². The molecule has 0 saturated carbocycles. The van der Waals surface area contributed by atoms with Crippen LogP contribution in [0.2, 0.25) is 0 Å². The van der Waals surface area contributed by atoms with Crippen LogP contribution in [0, 0.1) is 5.92 Å². The quantitative estimate of drug-likeness (QED) is 0.601. The van der Waals surface area contributed by atoms with Gasteiger partial charge in [0, 0.05) is 5.92 Å². The Morgan fingerprint density at radius 3 is 3.15 bits per heavy atom. The van der Waals surface area contributed by atoms with E-state index in [0.717, 1.165) is 13.0 Å². The maximum absolute atomic E-state index is 5.61. The summed E-state index contributed by atoms with van der Waals surface area (Å²) < 4.78 is 10.9. The molecule has 0 radical (unpaired) electrons. The van der Waals surface area contributed by atoms with Crippen molar-refractivity contribution in [1.29, 1.82) is 0 Å². The van der Waals surface area contributed by atoms with E-state index in [1.165, 1.54) is 11.1 Å². The summed E-state index contributed by atoms with van der Waals surface area (Å²) >= 11 is 0. The molecule has 1 aromatic carbocycles. The molecular formula is C11H12O2. The Morgan fingerprint density at radius 1 is 1.23 bits per heavy atom. The first-order valence-electron chi connectivity index (χ1n) is 4.72. The first-order chi connectivity index (χ1) is 6.45. The van der Waals surface area contributed by atoms with E-state index in [-0.39, 0.29) is 0 Å². The number of benzene rings is 1. The largest absolute Gasteiger partial charge is 0.355 e. The molecule has 2 aliphatic rings.